The topological polar surface area (TPSA) is 32.7 Å². The summed E-state index contributed by atoms with van der Waals surface area (Å²) in [6.07, 6.45) is 2.65. The lowest BCUT2D eigenvalue weighted by Crippen LogP contribution is -2.58. The van der Waals surface area contributed by atoms with E-state index in [0.717, 1.165) is 26.1 Å². The van der Waals surface area contributed by atoms with Gasteiger partial charge in [0.1, 0.15) is 0 Å². The van der Waals surface area contributed by atoms with E-state index in [1.54, 1.807) is 0 Å². The highest BCUT2D eigenvalue weighted by Gasteiger charge is 2.44. The van der Waals surface area contributed by atoms with E-state index in [4.69, 9.17) is 4.74 Å². The highest BCUT2D eigenvalue weighted by molar-refractivity contribution is 4.94. The fourth-order valence-electron chi connectivity index (χ4n) is 2.47. The molecule has 2 rings (SSSR count). The van der Waals surface area contributed by atoms with Gasteiger partial charge in [-0.25, -0.2) is 0 Å². The van der Waals surface area contributed by atoms with Gasteiger partial charge in [-0.3, -0.25) is 4.90 Å². The van der Waals surface area contributed by atoms with Gasteiger partial charge < -0.3 is 9.84 Å². The molecule has 0 aromatic heterocycles. The molecule has 3 unspecified atom stereocenters. The van der Waals surface area contributed by atoms with Crippen molar-refractivity contribution in [2.75, 3.05) is 19.7 Å². The zero-order chi connectivity index (χ0) is 11.1. The number of likely N-dealkylation sites (tertiary alicyclic amines) is 1. The van der Waals surface area contributed by atoms with Gasteiger partial charge in [-0.05, 0) is 19.8 Å². The van der Waals surface area contributed by atoms with Gasteiger partial charge in [0.25, 0.3) is 0 Å². The maximum atomic E-state index is 9.25. The van der Waals surface area contributed by atoms with Crippen LogP contribution in [-0.4, -0.2) is 48.0 Å². The Morgan fingerprint density at radius 1 is 1.53 bits per heavy atom. The maximum absolute atomic E-state index is 9.25. The first kappa shape index (κ1) is 11.4. The monoisotopic (exact) mass is 213 g/mol. The van der Waals surface area contributed by atoms with Crippen LogP contribution in [0.25, 0.3) is 0 Å². The van der Waals surface area contributed by atoms with Crippen molar-refractivity contribution in [2.24, 2.45) is 5.41 Å². The molecule has 0 aliphatic carbocycles. The zero-order valence-electron chi connectivity index (χ0n) is 10.1. The normalized spacial score (nSPS) is 39.6. The minimum absolute atomic E-state index is 0.0904. The third-order valence-corrected chi connectivity index (χ3v) is 4.27. The molecule has 2 aliphatic heterocycles. The smallest absolute Gasteiger partial charge is 0.0794 e. The van der Waals surface area contributed by atoms with E-state index in [9.17, 15) is 5.11 Å². The molecule has 3 atom stereocenters. The average molecular weight is 213 g/mol. The molecule has 2 fully saturated rings. The molecule has 0 bridgehead atoms. The first-order valence-electron chi connectivity index (χ1n) is 6.09. The second-order valence-corrected chi connectivity index (χ2v) is 5.50. The molecule has 15 heavy (non-hydrogen) atoms. The SMILES string of the molecule is CCC1(C)COC1CC(C)N1CC(O)C1. The molecular formula is C12H23NO2. The number of hydrogen-bond acceptors (Lipinski definition) is 3. The Labute approximate surface area is 92.4 Å². The van der Waals surface area contributed by atoms with Crippen LogP contribution < -0.4 is 0 Å². The summed E-state index contributed by atoms with van der Waals surface area (Å²) in [6.45, 7) is 9.41. The Balaban J connectivity index is 1.77. The van der Waals surface area contributed by atoms with Crippen molar-refractivity contribution in [3.63, 3.8) is 0 Å². The molecule has 0 saturated carbocycles. The number of aliphatic hydroxyl groups excluding tert-OH is 1. The molecule has 2 aliphatic rings. The zero-order valence-corrected chi connectivity index (χ0v) is 10.1. The molecule has 88 valence electrons. The number of aliphatic hydroxyl groups is 1. The van der Waals surface area contributed by atoms with E-state index >= 15 is 0 Å². The summed E-state index contributed by atoms with van der Waals surface area (Å²) in [5.41, 5.74) is 0.401. The van der Waals surface area contributed by atoms with Crippen LogP contribution in [0.5, 0.6) is 0 Å². The first-order chi connectivity index (χ1) is 7.05. The van der Waals surface area contributed by atoms with Crippen LogP contribution in [0.15, 0.2) is 0 Å². The van der Waals surface area contributed by atoms with Gasteiger partial charge >= 0.3 is 0 Å². The summed E-state index contributed by atoms with van der Waals surface area (Å²) in [5.74, 6) is 0. The quantitative estimate of drug-likeness (QED) is 0.763. The van der Waals surface area contributed by atoms with E-state index in [2.05, 4.69) is 25.7 Å². The van der Waals surface area contributed by atoms with Gasteiger partial charge in [-0.1, -0.05) is 13.8 Å². The Bertz CT molecular complexity index is 224. The molecule has 0 aromatic rings. The van der Waals surface area contributed by atoms with Crippen molar-refractivity contribution < 1.29 is 9.84 Å². The lowest BCUT2D eigenvalue weighted by atomic mass is 9.75. The van der Waals surface area contributed by atoms with Gasteiger partial charge in [0.15, 0.2) is 0 Å². The van der Waals surface area contributed by atoms with Crippen molar-refractivity contribution in [3.8, 4) is 0 Å². The summed E-state index contributed by atoms with van der Waals surface area (Å²) in [6, 6.07) is 0.546. The number of rotatable bonds is 4. The van der Waals surface area contributed by atoms with Crippen LogP contribution in [0.3, 0.4) is 0 Å². The summed E-state index contributed by atoms with van der Waals surface area (Å²) in [4.78, 5) is 2.34. The highest BCUT2D eigenvalue weighted by atomic mass is 16.5. The molecule has 2 saturated heterocycles. The number of hydrogen-bond donors (Lipinski definition) is 1. The summed E-state index contributed by atoms with van der Waals surface area (Å²) in [7, 11) is 0. The Kier molecular flexibility index (Phi) is 3.06. The number of nitrogens with zero attached hydrogens (tertiary/aromatic N) is 1. The second-order valence-electron chi connectivity index (χ2n) is 5.50. The Morgan fingerprint density at radius 3 is 2.60 bits per heavy atom. The predicted octanol–water partition coefficient (Wildman–Crippen LogP) is 1.26. The van der Waals surface area contributed by atoms with Crippen LogP contribution in [0.2, 0.25) is 0 Å². The molecule has 0 radical (unpaired) electrons. The van der Waals surface area contributed by atoms with Gasteiger partial charge in [-0.15, -0.1) is 0 Å². The van der Waals surface area contributed by atoms with Crippen LogP contribution in [0.1, 0.15) is 33.6 Å². The van der Waals surface area contributed by atoms with Crippen LogP contribution in [-0.2, 0) is 4.74 Å². The minimum atomic E-state index is -0.0904. The minimum Gasteiger partial charge on any atom is -0.390 e. The third kappa shape index (κ3) is 2.05. The van der Waals surface area contributed by atoms with E-state index in [0.29, 0.717) is 17.6 Å². The fraction of sp³-hybridized carbons (Fsp3) is 1.00. The molecule has 3 nitrogen and oxygen atoms in total. The third-order valence-electron chi connectivity index (χ3n) is 4.27. The highest BCUT2D eigenvalue weighted by Crippen LogP contribution is 2.40. The van der Waals surface area contributed by atoms with Crippen molar-refractivity contribution >= 4 is 0 Å². The molecule has 0 amide bonds. The Hall–Kier alpha value is -0.120. The predicted molar refractivity (Wildman–Crippen MR) is 59.8 cm³/mol. The fourth-order valence-corrected chi connectivity index (χ4v) is 2.47. The first-order valence-corrected chi connectivity index (χ1v) is 6.09. The van der Waals surface area contributed by atoms with Crippen LogP contribution in [0.4, 0.5) is 0 Å². The molecule has 0 aromatic carbocycles. The molecule has 2 heterocycles. The standard InChI is InChI=1S/C12H23NO2/c1-4-12(3)8-15-11(12)5-9(2)13-6-10(14)7-13/h9-11,14H,4-8H2,1-3H3. The van der Waals surface area contributed by atoms with Gasteiger partial charge in [-0.2, -0.15) is 0 Å². The van der Waals surface area contributed by atoms with Crippen LogP contribution >= 0.6 is 0 Å². The van der Waals surface area contributed by atoms with E-state index in [1.807, 2.05) is 0 Å². The van der Waals surface area contributed by atoms with Crippen molar-refractivity contribution in [1.82, 2.24) is 4.90 Å². The van der Waals surface area contributed by atoms with Crippen molar-refractivity contribution in [1.29, 1.82) is 0 Å². The largest absolute Gasteiger partial charge is 0.390 e. The lowest BCUT2D eigenvalue weighted by Gasteiger charge is -2.50. The summed E-state index contributed by atoms with van der Waals surface area (Å²) < 4.78 is 5.66. The molecular weight excluding hydrogens is 190 g/mol. The number of ether oxygens (including phenoxy) is 1. The molecule has 1 N–H and O–H groups in total. The second kappa shape index (κ2) is 4.04. The molecule has 3 heteroatoms. The Morgan fingerprint density at radius 2 is 2.20 bits per heavy atom. The lowest BCUT2D eigenvalue weighted by molar-refractivity contribution is -0.190. The number of β-amino-alcohol motifs (C(OH)–C–C–N with tert-alkyl or cyclic N) is 1. The van der Waals surface area contributed by atoms with Crippen molar-refractivity contribution in [3.05, 3.63) is 0 Å². The van der Waals surface area contributed by atoms with Crippen LogP contribution in [0, 0.1) is 5.41 Å². The maximum Gasteiger partial charge on any atom is 0.0794 e. The molecule has 0 spiro atoms. The van der Waals surface area contributed by atoms with Gasteiger partial charge in [0.2, 0.25) is 0 Å². The van der Waals surface area contributed by atoms with E-state index in [1.165, 1.54) is 6.42 Å². The van der Waals surface area contributed by atoms with Crippen molar-refractivity contribution in [2.45, 2.75) is 51.9 Å². The van der Waals surface area contributed by atoms with E-state index in [-0.39, 0.29) is 6.10 Å². The van der Waals surface area contributed by atoms with E-state index < -0.39 is 0 Å². The summed E-state index contributed by atoms with van der Waals surface area (Å²) in [5, 5.41) is 9.25. The summed E-state index contributed by atoms with van der Waals surface area (Å²) >= 11 is 0. The van der Waals surface area contributed by atoms with Gasteiger partial charge in [0, 0.05) is 24.5 Å². The van der Waals surface area contributed by atoms with Gasteiger partial charge in [0.05, 0.1) is 18.8 Å². The average Bonchev–Trinajstić information content (AvgIpc) is 2.18.